The number of morpholine rings is 1. The minimum Gasteiger partial charge on any atom is -0.378 e. The first kappa shape index (κ1) is 18.2. The molecule has 0 unspecified atom stereocenters. The van der Waals surface area contributed by atoms with E-state index < -0.39 is 16.1 Å². The van der Waals surface area contributed by atoms with Crippen LogP contribution in [0, 0.1) is 6.92 Å². The van der Waals surface area contributed by atoms with Crippen LogP contribution in [0.4, 0.5) is 16.2 Å². The number of anilines is 2. The highest BCUT2D eigenvalue weighted by molar-refractivity contribution is 7.90. The lowest BCUT2D eigenvalue weighted by Crippen LogP contribution is -2.36. The number of benzene rings is 2. The number of hydrogen-bond acceptors (Lipinski definition) is 5. The van der Waals surface area contributed by atoms with Crippen molar-refractivity contribution in [2.45, 2.75) is 11.8 Å². The zero-order valence-electron chi connectivity index (χ0n) is 14.4. The number of ether oxygens (including phenoxy) is 1. The Kier molecular flexibility index (Phi) is 5.43. The number of amides is 2. The molecule has 1 saturated heterocycles. The van der Waals surface area contributed by atoms with Gasteiger partial charge in [0.2, 0.25) is 0 Å². The molecule has 0 bridgehead atoms. The molecular formula is C18H21N3O4S. The number of rotatable bonds is 4. The second-order valence-corrected chi connectivity index (χ2v) is 7.70. The first-order valence-corrected chi connectivity index (χ1v) is 9.76. The van der Waals surface area contributed by atoms with Crippen LogP contribution in [0.3, 0.4) is 0 Å². The minimum absolute atomic E-state index is 0.0425. The fourth-order valence-electron chi connectivity index (χ4n) is 2.63. The second-order valence-electron chi connectivity index (χ2n) is 6.02. The second kappa shape index (κ2) is 7.76. The summed E-state index contributed by atoms with van der Waals surface area (Å²) in [6, 6.07) is 12.7. The van der Waals surface area contributed by atoms with E-state index in [1.54, 1.807) is 24.3 Å². The van der Waals surface area contributed by atoms with Crippen molar-refractivity contribution < 1.29 is 17.9 Å². The normalized spacial score (nSPS) is 14.7. The maximum absolute atomic E-state index is 12.2. The Balaban J connectivity index is 1.61. The van der Waals surface area contributed by atoms with Gasteiger partial charge >= 0.3 is 6.03 Å². The Bertz CT molecular complexity index is 858. The van der Waals surface area contributed by atoms with Crippen molar-refractivity contribution in [1.82, 2.24) is 4.72 Å². The van der Waals surface area contributed by atoms with Crippen LogP contribution >= 0.6 is 0 Å². The van der Waals surface area contributed by atoms with Gasteiger partial charge in [0.25, 0.3) is 10.0 Å². The van der Waals surface area contributed by atoms with Crippen molar-refractivity contribution in [3.8, 4) is 0 Å². The topological polar surface area (TPSA) is 87.7 Å². The van der Waals surface area contributed by atoms with E-state index >= 15 is 0 Å². The predicted molar refractivity (Wildman–Crippen MR) is 100.0 cm³/mol. The van der Waals surface area contributed by atoms with Crippen LogP contribution in [-0.4, -0.2) is 40.8 Å². The lowest BCUT2D eigenvalue weighted by Gasteiger charge is -2.28. The van der Waals surface area contributed by atoms with Gasteiger partial charge in [-0.2, -0.15) is 0 Å². The fraction of sp³-hybridized carbons (Fsp3) is 0.278. The first-order valence-electron chi connectivity index (χ1n) is 8.27. The number of sulfonamides is 1. The number of carbonyl (C=O) groups is 1. The van der Waals surface area contributed by atoms with E-state index in [4.69, 9.17) is 4.74 Å². The number of aryl methyl sites for hydroxylation is 1. The molecule has 2 aromatic carbocycles. The standard InChI is InChI=1S/C18H21N3O4S/c1-14-2-8-17(9-3-14)26(23,24)20-18(22)19-15-4-6-16(7-5-15)21-10-12-25-13-11-21/h2-9H,10-13H2,1H3,(H2,19,20,22). The van der Waals surface area contributed by atoms with Crippen LogP contribution in [0.5, 0.6) is 0 Å². The van der Waals surface area contributed by atoms with Gasteiger partial charge in [-0.05, 0) is 43.3 Å². The molecule has 2 N–H and O–H groups in total. The molecule has 26 heavy (non-hydrogen) atoms. The lowest BCUT2D eigenvalue weighted by molar-refractivity contribution is 0.122. The van der Waals surface area contributed by atoms with Gasteiger partial charge in [-0.15, -0.1) is 0 Å². The lowest BCUT2D eigenvalue weighted by atomic mass is 10.2. The Morgan fingerprint density at radius 2 is 1.62 bits per heavy atom. The molecule has 3 rings (SSSR count). The summed E-state index contributed by atoms with van der Waals surface area (Å²) in [4.78, 5) is 14.3. The van der Waals surface area contributed by atoms with Gasteiger partial charge in [0, 0.05) is 24.5 Å². The molecule has 8 heteroatoms. The van der Waals surface area contributed by atoms with Crippen molar-refractivity contribution in [2.75, 3.05) is 36.5 Å². The molecule has 0 radical (unpaired) electrons. The summed E-state index contributed by atoms with van der Waals surface area (Å²) in [6.45, 7) is 4.89. The number of hydrogen-bond donors (Lipinski definition) is 2. The van der Waals surface area contributed by atoms with Crippen LogP contribution in [-0.2, 0) is 14.8 Å². The van der Waals surface area contributed by atoms with Gasteiger partial charge in [0.05, 0.1) is 18.1 Å². The summed E-state index contributed by atoms with van der Waals surface area (Å²) in [7, 11) is -3.91. The highest BCUT2D eigenvalue weighted by Crippen LogP contribution is 2.19. The van der Waals surface area contributed by atoms with E-state index in [0.717, 1.165) is 24.3 Å². The molecule has 138 valence electrons. The SMILES string of the molecule is Cc1ccc(S(=O)(=O)NC(=O)Nc2ccc(N3CCOCC3)cc2)cc1. The minimum atomic E-state index is -3.91. The highest BCUT2D eigenvalue weighted by Gasteiger charge is 2.17. The van der Waals surface area contributed by atoms with E-state index in [9.17, 15) is 13.2 Å². The molecule has 0 atom stereocenters. The van der Waals surface area contributed by atoms with Crippen molar-refractivity contribution in [3.05, 3.63) is 54.1 Å². The Labute approximate surface area is 153 Å². The van der Waals surface area contributed by atoms with Gasteiger partial charge in [-0.3, -0.25) is 0 Å². The molecular weight excluding hydrogens is 354 g/mol. The zero-order chi connectivity index (χ0) is 18.6. The molecule has 0 aliphatic carbocycles. The van der Waals surface area contributed by atoms with E-state index in [-0.39, 0.29) is 4.90 Å². The van der Waals surface area contributed by atoms with Gasteiger partial charge < -0.3 is 15.0 Å². The van der Waals surface area contributed by atoms with Crippen LogP contribution in [0.15, 0.2) is 53.4 Å². The van der Waals surface area contributed by atoms with Crippen LogP contribution in [0.2, 0.25) is 0 Å². The third-order valence-corrected chi connectivity index (χ3v) is 5.41. The smallest absolute Gasteiger partial charge is 0.333 e. The quantitative estimate of drug-likeness (QED) is 0.856. The number of urea groups is 1. The van der Waals surface area contributed by atoms with Crippen molar-refractivity contribution in [1.29, 1.82) is 0 Å². The zero-order valence-corrected chi connectivity index (χ0v) is 15.3. The van der Waals surface area contributed by atoms with Gasteiger partial charge in [-0.1, -0.05) is 17.7 Å². The fourth-order valence-corrected chi connectivity index (χ4v) is 3.54. The molecule has 2 amide bonds. The monoisotopic (exact) mass is 375 g/mol. The van der Waals surface area contributed by atoms with Gasteiger partial charge in [0.15, 0.2) is 0 Å². The first-order chi connectivity index (χ1) is 12.4. The number of carbonyl (C=O) groups excluding carboxylic acids is 1. The van der Waals surface area contributed by atoms with Crippen molar-refractivity contribution in [3.63, 3.8) is 0 Å². The third-order valence-electron chi connectivity index (χ3n) is 4.06. The van der Waals surface area contributed by atoms with Crippen LogP contribution in [0.25, 0.3) is 0 Å². The molecule has 1 fully saturated rings. The molecule has 1 aliphatic heterocycles. The van der Waals surface area contributed by atoms with Crippen molar-refractivity contribution >= 4 is 27.4 Å². The highest BCUT2D eigenvalue weighted by atomic mass is 32.2. The molecule has 1 heterocycles. The summed E-state index contributed by atoms with van der Waals surface area (Å²) < 4.78 is 31.8. The van der Waals surface area contributed by atoms with E-state index in [0.29, 0.717) is 18.9 Å². The largest absolute Gasteiger partial charge is 0.378 e. The average Bonchev–Trinajstić information content (AvgIpc) is 2.63. The van der Waals surface area contributed by atoms with Crippen molar-refractivity contribution in [2.24, 2.45) is 0 Å². The van der Waals surface area contributed by atoms with E-state index in [2.05, 4.69) is 10.2 Å². The molecule has 7 nitrogen and oxygen atoms in total. The summed E-state index contributed by atoms with van der Waals surface area (Å²) >= 11 is 0. The third kappa shape index (κ3) is 4.53. The number of nitrogens with one attached hydrogen (secondary N) is 2. The Morgan fingerprint density at radius 1 is 1.00 bits per heavy atom. The molecule has 0 aromatic heterocycles. The molecule has 2 aromatic rings. The van der Waals surface area contributed by atoms with E-state index in [1.165, 1.54) is 12.1 Å². The van der Waals surface area contributed by atoms with Gasteiger partial charge in [0.1, 0.15) is 0 Å². The number of nitrogens with zero attached hydrogens (tertiary/aromatic N) is 1. The van der Waals surface area contributed by atoms with Crippen LogP contribution in [0.1, 0.15) is 5.56 Å². The maximum Gasteiger partial charge on any atom is 0.333 e. The predicted octanol–water partition coefficient (Wildman–Crippen LogP) is 2.34. The summed E-state index contributed by atoms with van der Waals surface area (Å²) in [6.07, 6.45) is 0. The summed E-state index contributed by atoms with van der Waals surface area (Å²) in [5, 5.41) is 2.54. The van der Waals surface area contributed by atoms with Crippen LogP contribution < -0.4 is 14.9 Å². The Morgan fingerprint density at radius 3 is 2.23 bits per heavy atom. The van der Waals surface area contributed by atoms with Gasteiger partial charge in [-0.25, -0.2) is 17.9 Å². The Hall–Kier alpha value is -2.58. The molecule has 1 aliphatic rings. The molecule has 0 spiro atoms. The molecule has 0 saturated carbocycles. The summed E-state index contributed by atoms with van der Waals surface area (Å²) in [5.74, 6) is 0. The summed E-state index contributed by atoms with van der Waals surface area (Å²) in [5.41, 5.74) is 2.49. The average molecular weight is 375 g/mol. The maximum atomic E-state index is 12.2. The van der Waals surface area contributed by atoms with E-state index in [1.807, 2.05) is 23.8 Å².